The van der Waals surface area contributed by atoms with Crippen LogP contribution in [0.5, 0.6) is 5.75 Å². The van der Waals surface area contributed by atoms with Crippen molar-refractivity contribution >= 4 is 5.91 Å². The van der Waals surface area contributed by atoms with Crippen LogP contribution < -0.4 is 10.1 Å². The molecule has 3 aromatic rings. The first-order chi connectivity index (χ1) is 19.5. The molecule has 6 rings (SSSR count). The first kappa shape index (κ1) is 27.0. The van der Waals surface area contributed by atoms with Crippen molar-refractivity contribution in [2.24, 2.45) is 11.8 Å². The average Bonchev–Trinajstić information content (AvgIpc) is 3.72. The van der Waals surface area contributed by atoms with Crippen LogP contribution in [0.25, 0.3) is 11.1 Å². The van der Waals surface area contributed by atoms with Crippen LogP contribution in [0.1, 0.15) is 99.0 Å². The van der Waals surface area contributed by atoms with Crippen LogP contribution in [0.2, 0.25) is 0 Å². The number of aliphatic hydroxyl groups is 1. The van der Waals surface area contributed by atoms with Crippen molar-refractivity contribution < 1.29 is 14.6 Å². The van der Waals surface area contributed by atoms with E-state index in [0.29, 0.717) is 12.5 Å². The number of aromatic nitrogens is 3. The molecule has 3 saturated carbocycles. The van der Waals surface area contributed by atoms with E-state index in [4.69, 9.17) is 4.74 Å². The van der Waals surface area contributed by atoms with E-state index < -0.39 is 6.10 Å². The number of methoxy groups -OCH3 is 1. The summed E-state index contributed by atoms with van der Waals surface area (Å²) < 4.78 is 7.47. The molecular weight excluding hydrogens is 500 g/mol. The number of carbonyl (C=O) groups excluding carboxylic acids is 1. The summed E-state index contributed by atoms with van der Waals surface area (Å²) in [4.78, 5) is 18.1. The normalized spacial score (nSPS) is 24.4. The predicted octanol–water partition coefficient (Wildman–Crippen LogP) is 6.28. The summed E-state index contributed by atoms with van der Waals surface area (Å²) >= 11 is 0. The minimum absolute atomic E-state index is 0.0184. The van der Waals surface area contributed by atoms with Crippen LogP contribution in [0.3, 0.4) is 0 Å². The van der Waals surface area contributed by atoms with Gasteiger partial charge in [-0.3, -0.25) is 14.5 Å². The molecule has 0 radical (unpaired) electrons. The van der Waals surface area contributed by atoms with Gasteiger partial charge < -0.3 is 15.2 Å². The Morgan fingerprint density at radius 3 is 2.60 bits per heavy atom. The number of hydrogen-bond acceptors (Lipinski definition) is 5. The highest BCUT2D eigenvalue weighted by Gasteiger charge is 2.37. The van der Waals surface area contributed by atoms with Gasteiger partial charge in [-0.25, -0.2) is 0 Å². The van der Waals surface area contributed by atoms with Crippen LogP contribution >= 0.6 is 0 Å². The Morgan fingerprint density at radius 2 is 1.88 bits per heavy atom. The Labute approximate surface area is 237 Å². The molecule has 0 bridgehead atoms. The van der Waals surface area contributed by atoms with Gasteiger partial charge in [0, 0.05) is 29.3 Å². The third-order valence-corrected chi connectivity index (χ3v) is 9.39. The molecule has 2 heterocycles. The van der Waals surface area contributed by atoms with Crippen LogP contribution in [0, 0.1) is 18.8 Å². The van der Waals surface area contributed by atoms with E-state index in [0.717, 1.165) is 72.2 Å². The number of rotatable bonds is 8. The van der Waals surface area contributed by atoms with Gasteiger partial charge in [0.25, 0.3) is 0 Å². The molecule has 7 heteroatoms. The van der Waals surface area contributed by atoms with Gasteiger partial charge in [0.15, 0.2) is 0 Å². The number of nitrogens with one attached hydrogen (secondary N) is 1. The highest BCUT2D eigenvalue weighted by molar-refractivity contribution is 5.79. The van der Waals surface area contributed by atoms with Gasteiger partial charge in [-0.1, -0.05) is 37.5 Å². The third-order valence-electron chi connectivity index (χ3n) is 9.39. The lowest BCUT2D eigenvalue weighted by atomic mass is 9.73. The second-order valence-electron chi connectivity index (χ2n) is 12.2. The van der Waals surface area contributed by atoms with Gasteiger partial charge in [0.2, 0.25) is 5.91 Å². The lowest BCUT2D eigenvalue weighted by Crippen LogP contribution is -2.41. The van der Waals surface area contributed by atoms with Crippen molar-refractivity contribution in [1.82, 2.24) is 20.1 Å². The maximum Gasteiger partial charge on any atom is 0.223 e. The number of pyridine rings is 1. The molecule has 0 spiro atoms. The number of aryl methyl sites for hydroxylation is 1. The van der Waals surface area contributed by atoms with E-state index in [-0.39, 0.29) is 29.7 Å². The minimum Gasteiger partial charge on any atom is -0.495 e. The fourth-order valence-electron chi connectivity index (χ4n) is 6.85. The van der Waals surface area contributed by atoms with Crippen molar-refractivity contribution in [2.45, 2.75) is 95.2 Å². The second kappa shape index (κ2) is 11.7. The summed E-state index contributed by atoms with van der Waals surface area (Å²) in [6, 6.07) is 11.0. The highest BCUT2D eigenvalue weighted by atomic mass is 16.5. The van der Waals surface area contributed by atoms with Crippen molar-refractivity contribution in [3.8, 4) is 16.9 Å². The quantitative estimate of drug-likeness (QED) is 0.350. The first-order valence-electron chi connectivity index (χ1n) is 15.1. The first-order valence-corrected chi connectivity index (χ1v) is 15.1. The smallest absolute Gasteiger partial charge is 0.223 e. The summed E-state index contributed by atoms with van der Waals surface area (Å²) in [5.41, 5.74) is 5.28. The van der Waals surface area contributed by atoms with E-state index in [1.807, 2.05) is 19.2 Å². The molecular formula is C33H42N4O3. The largest absolute Gasteiger partial charge is 0.495 e. The summed E-state index contributed by atoms with van der Waals surface area (Å²) in [5, 5.41) is 19.5. The Bertz CT molecular complexity index is 1330. The van der Waals surface area contributed by atoms with E-state index in [1.165, 1.54) is 19.3 Å². The Balaban J connectivity index is 1.24. The number of nitrogens with zero attached hydrogens (tertiary/aromatic N) is 3. The monoisotopic (exact) mass is 542 g/mol. The maximum absolute atomic E-state index is 13.5. The van der Waals surface area contributed by atoms with Gasteiger partial charge in [-0.15, -0.1) is 0 Å². The van der Waals surface area contributed by atoms with Crippen LogP contribution in [0.15, 0.2) is 48.9 Å². The van der Waals surface area contributed by atoms with Crippen LogP contribution in [-0.4, -0.2) is 39.0 Å². The van der Waals surface area contributed by atoms with Gasteiger partial charge >= 0.3 is 0 Å². The topological polar surface area (TPSA) is 89.3 Å². The lowest BCUT2D eigenvalue weighted by molar-refractivity contribution is -0.127. The molecule has 4 atom stereocenters. The highest BCUT2D eigenvalue weighted by Crippen LogP contribution is 2.42. The van der Waals surface area contributed by atoms with Gasteiger partial charge in [0.1, 0.15) is 5.75 Å². The van der Waals surface area contributed by atoms with E-state index in [2.05, 4.69) is 50.5 Å². The van der Waals surface area contributed by atoms with Gasteiger partial charge in [0.05, 0.1) is 37.7 Å². The molecule has 212 valence electrons. The van der Waals surface area contributed by atoms with Crippen molar-refractivity contribution in [3.63, 3.8) is 0 Å². The molecule has 3 aliphatic carbocycles. The zero-order valence-corrected chi connectivity index (χ0v) is 23.8. The molecule has 0 aliphatic heterocycles. The Morgan fingerprint density at radius 1 is 1.05 bits per heavy atom. The standard InChI is InChI=1S/C33H42N4O3/c1-21-15-29(34-19-31(21)40-2)28-14-11-25(17-30(28)38)32(36-33(39)22-7-4-3-5-8-22)24-10-6-9-23(16-24)26-18-35-37(20-26)27-12-13-27/h6,9-10,15-16,18-20,22,25,27-28,30,32,38H,3-5,7-8,11-14,17H2,1-2H3,(H,36,39). The van der Waals surface area contributed by atoms with E-state index in [9.17, 15) is 9.90 Å². The number of benzene rings is 1. The van der Waals surface area contributed by atoms with E-state index in [1.54, 1.807) is 13.3 Å². The second-order valence-corrected chi connectivity index (χ2v) is 12.2. The molecule has 7 nitrogen and oxygen atoms in total. The zero-order chi connectivity index (χ0) is 27.6. The predicted molar refractivity (Wildman–Crippen MR) is 155 cm³/mol. The molecule has 3 fully saturated rings. The lowest BCUT2D eigenvalue weighted by Gasteiger charge is -2.38. The molecule has 1 amide bonds. The molecule has 1 aromatic carbocycles. The fourth-order valence-corrected chi connectivity index (χ4v) is 6.85. The van der Waals surface area contributed by atoms with Gasteiger partial charge in [-0.05, 0) is 86.6 Å². The fraction of sp³-hybridized carbons (Fsp3) is 0.545. The Kier molecular flexibility index (Phi) is 7.92. The van der Waals surface area contributed by atoms with Crippen LogP contribution in [-0.2, 0) is 4.79 Å². The molecule has 2 N–H and O–H groups in total. The number of amides is 1. The third kappa shape index (κ3) is 5.80. The van der Waals surface area contributed by atoms with Crippen LogP contribution in [0.4, 0.5) is 0 Å². The molecule has 4 unspecified atom stereocenters. The maximum atomic E-state index is 13.5. The number of aliphatic hydroxyl groups excluding tert-OH is 1. The number of hydrogen-bond donors (Lipinski definition) is 2. The number of ether oxygens (including phenoxy) is 1. The van der Waals surface area contributed by atoms with Crippen molar-refractivity contribution in [1.29, 1.82) is 0 Å². The summed E-state index contributed by atoms with van der Waals surface area (Å²) in [6.45, 7) is 2.01. The summed E-state index contributed by atoms with van der Waals surface area (Å²) in [6.07, 6.45) is 15.5. The van der Waals surface area contributed by atoms with E-state index >= 15 is 0 Å². The van der Waals surface area contributed by atoms with Crippen molar-refractivity contribution in [2.75, 3.05) is 7.11 Å². The molecule has 3 aliphatic rings. The average molecular weight is 543 g/mol. The molecule has 0 saturated heterocycles. The molecule has 2 aromatic heterocycles. The summed E-state index contributed by atoms with van der Waals surface area (Å²) in [5.74, 6) is 1.14. The van der Waals surface area contributed by atoms with Gasteiger partial charge in [-0.2, -0.15) is 5.10 Å². The SMILES string of the molecule is COc1cnc(C2CCC(C(NC(=O)C3CCCCC3)c3cccc(-c4cnn(C5CC5)c4)c3)CC2O)cc1C. The molecule has 40 heavy (non-hydrogen) atoms. The minimum atomic E-state index is -0.520. The Hall–Kier alpha value is -3.19. The summed E-state index contributed by atoms with van der Waals surface area (Å²) in [7, 11) is 1.65. The van der Waals surface area contributed by atoms with Crippen molar-refractivity contribution in [3.05, 3.63) is 65.7 Å². The number of carbonyl (C=O) groups is 1. The zero-order valence-electron chi connectivity index (χ0n) is 23.8.